The lowest BCUT2D eigenvalue weighted by Gasteiger charge is -2.41. The van der Waals surface area contributed by atoms with Crippen molar-refractivity contribution >= 4 is 40.7 Å². The Hall–Kier alpha value is -1.34. The predicted molar refractivity (Wildman–Crippen MR) is 139 cm³/mol. The lowest BCUT2D eigenvalue weighted by molar-refractivity contribution is 0.183. The van der Waals surface area contributed by atoms with Crippen molar-refractivity contribution in [3.63, 3.8) is 0 Å². The van der Waals surface area contributed by atoms with E-state index in [1.54, 1.807) is 0 Å². The number of benzene rings is 2. The summed E-state index contributed by atoms with van der Waals surface area (Å²) in [5.74, 6) is 1.49. The van der Waals surface area contributed by atoms with Crippen LogP contribution in [0.15, 0.2) is 47.5 Å². The second kappa shape index (κ2) is 10.8. The molecule has 0 spiro atoms. The monoisotopic (exact) mass is 520 g/mol. The zero-order chi connectivity index (χ0) is 20.1. The van der Waals surface area contributed by atoms with E-state index in [1.807, 2.05) is 0 Å². The van der Waals surface area contributed by atoms with Gasteiger partial charge in [0.05, 0.1) is 6.54 Å². The number of aliphatic imine (C=N–C) groups is 1. The van der Waals surface area contributed by atoms with E-state index in [0.717, 1.165) is 25.6 Å². The Morgan fingerprint density at radius 2 is 1.83 bits per heavy atom. The normalized spacial score (nSPS) is 19.1. The summed E-state index contributed by atoms with van der Waals surface area (Å²) in [6.07, 6.45) is 5.25. The van der Waals surface area contributed by atoms with Crippen molar-refractivity contribution in [2.24, 2.45) is 10.9 Å². The first-order valence-electron chi connectivity index (χ1n) is 11.4. The highest BCUT2D eigenvalue weighted by Crippen LogP contribution is 2.39. The van der Waals surface area contributed by atoms with E-state index in [0.29, 0.717) is 5.92 Å². The number of hydrogen-bond acceptors (Lipinski definition) is 4. The van der Waals surface area contributed by atoms with Gasteiger partial charge in [-0.2, -0.15) is 0 Å². The number of halogens is 1. The third-order valence-electron chi connectivity index (χ3n) is 7.00. The van der Waals surface area contributed by atoms with Crippen LogP contribution in [0.1, 0.15) is 45.1 Å². The summed E-state index contributed by atoms with van der Waals surface area (Å²) in [5, 5.41) is 9.80. The van der Waals surface area contributed by atoms with Crippen LogP contribution >= 0.6 is 24.0 Å². The van der Waals surface area contributed by atoms with E-state index in [9.17, 15) is 0 Å². The summed E-state index contributed by atoms with van der Waals surface area (Å²) in [6.45, 7) is 11.2. The Morgan fingerprint density at radius 3 is 2.57 bits per heavy atom. The Balaban J connectivity index is 0.00000256. The molecule has 2 aromatic rings. The van der Waals surface area contributed by atoms with Gasteiger partial charge in [0.25, 0.3) is 0 Å². The molecule has 5 heteroatoms. The van der Waals surface area contributed by atoms with Gasteiger partial charge in [0.15, 0.2) is 5.96 Å². The predicted octanol–water partition coefficient (Wildman–Crippen LogP) is 4.78. The third kappa shape index (κ3) is 5.10. The minimum absolute atomic E-state index is 0. The molecule has 0 saturated carbocycles. The van der Waals surface area contributed by atoms with Crippen LogP contribution < -0.4 is 10.6 Å². The van der Waals surface area contributed by atoms with E-state index >= 15 is 0 Å². The van der Waals surface area contributed by atoms with Gasteiger partial charge < -0.3 is 15.5 Å². The van der Waals surface area contributed by atoms with Gasteiger partial charge in [-0.1, -0.05) is 62.7 Å². The second-order valence-corrected chi connectivity index (χ2v) is 9.00. The summed E-state index contributed by atoms with van der Waals surface area (Å²) < 4.78 is 0. The number of guanidine groups is 1. The largest absolute Gasteiger partial charge is 0.355 e. The molecule has 0 amide bonds. The van der Waals surface area contributed by atoms with Crippen LogP contribution in [0.5, 0.6) is 0 Å². The molecule has 1 unspecified atom stereocenters. The molecule has 1 atom stereocenters. The highest BCUT2D eigenvalue weighted by atomic mass is 127. The molecule has 1 fully saturated rings. The first kappa shape index (κ1) is 23.3. The third-order valence-corrected chi connectivity index (χ3v) is 7.00. The average Bonchev–Trinajstić information content (AvgIpc) is 3.28. The SMILES string of the molecule is CC(C)C(CCN1CCCCC1)(CNC1=NCCN1)c1cccc2ccccc12.I. The van der Waals surface area contributed by atoms with Crippen LogP contribution in [-0.4, -0.2) is 50.1 Å². The number of nitrogens with zero attached hydrogens (tertiary/aromatic N) is 2. The fraction of sp³-hybridized carbons (Fsp3) is 0.560. The molecule has 0 bridgehead atoms. The topological polar surface area (TPSA) is 39.7 Å². The Kier molecular flexibility index (Phi) is 8.40. The molecular formula is C25H37IN4. The number of piperidine rings is 1. The van der Waals surface area contributed by atoms with E-state index in [-0.39, 0.29) is 29.4 Å². The molecule has 0 aliphatic carbocycles. The lowest BCUT2D eigenvalue weighted by Crippen LogP contribution is -2.49. The van der Waals surface area contributed by atoms with Gasteiger partial charge in [0.1, 0.15) is 0 Å². The maximum atomic E-state index is 4.59. The van der Waals surface area contributed by atoms with Crippen molar-refractivity contribution in [3.8, 4) is 0 Å². The number of likely N-dealkylation sites (tertiary alicyclic amines) is 1. The van der Waals surface area contributed by atoms with E-state index in [2.05, 4.69) is 76.8 Å². The van der Waals surface area contributed by atoms with Gasteiger partial charge in [-0.05, 0) is 61.2 Å². The molecule has 4 rings (SSSR count). The van der Waals surface area contributed by atoms with E-state index < -0.39 is 0 Å². The Morgan fingerprint density at radius 1 is 1.07 bits per heavy atom. The maximum Gasteiger partial charge on any atom is 0.191 e. The van der Waals surface area contributed by atoms with Crippen LogP contribution in [-0.2, 0) is 5.41 Å². The smallest absolute Gasteiger partial charge is 0.191 e. The molecule has 1 saturated heterocycles. The molecule has 164 valence electrons. The van der Waals surface area contributed by atoms with Crippen molar-refractivity contribution in [2.75, 3.05) is 39.3 Å². The molecule has 2 aromatic carbocycles. The van der Waals surface area contributed by atoms with Gasteiger partial charge in [-0.3, -0.25) is 4.99 Å². The Bertz CT molecular complexity index is 839. The highest BCUT2D eigenvalue weighted by Gasteiger charge is 2.37. The van der Waals surface area contributed by atoms with Crippen LogP contribution in [0.3, 0.4) is 0 Å². The van der Waals surface area contributed by atoms with Crippen molar-refractivity contribution in [1.82, 2.24) is 15.5 Å². The molecule has 2 aliphatic rings. The molecule has 2 N–H and O–H groups in total. The number of fused-ring (bicyclic) bond motifs is 1. The van der Waals surface area contributed by atoms with Crippen LogP contribution in [0.25, 0.3) is 10.8 Å². The van der Waals surface area contributed by atoms with Crippen molar-refractivity contribution in [2.45, 2.75) is 44.9 Å². The molecule has 0 aromatic heterocycles. The van der Waals surface area contributed by atoms with Gasteiger partial charge in [0.2, 0.25) is 0 Å². The van der Waals surface area contributed by atoms with Gasteiger partial charge in [-0.15, -0.1) is 24.0 Å². The van der Waals surface area contributed by atoms with Crippen molar-refractivity contribution in [1.29, 1.82) is 0 Å². The molecular weight excluding hydrogens is 483 g/mol. The first-order valence-corrected chi connectivity index (χ1v) is 11.4. The molecule has 0 radical (unpaired) electrons. The van der Waals surface area contributed by atoms with Gasteiger partial charge in [-0.25, -0.2) is 0 Å². The van der Waals surface area contributed by atoms with Gasteiger partial charge in [0, 0.05) is 18.5 Å². The van der Waals surface area contributed by atoms with E-state index in [1.165, 1.54) is 61.7 Å². The summed E-state index contributed by atoms with van der Waals surface area (Å²) >= 11 is 0. The molecule has 30 heavy (non-hydrogen) atoms. The zero-order valence-electron chi connectivity index (χ0n) is 18.5. The van der Waals surface area contributed by atoms with Crippen molar-refractivity contribution < 1.29 is 0 Å². The fourth-order valence-corrected chi connectivity index (χ4v) is 5.08. The number of nitrogens with one attached hydrogen (secondary N) is 2. The van der Waals surface area contributed by atoms with E-state index in [4.69, 9.17) is 0 Å². The van der Waals surface area contributed by atoms with Crippen molar-refractivity contribution in [3.05, 3.63) is 48.0 Å². The lowest BCUT2D eigenvalue weighted by atomic mass is 9.67. The molecule has 4 nitrogen and oxygen atoms in total. The summed E-state index contributed by atoms with van der Waals surface area (Å²) in [6, 6.07) is 15.7. The quantitative estimate of drug-likeness (QED) is 0.517. The highest BCUT2D eigenvalue weighted by molar-refractivity contribution is 14.0. The average molecular weight is 521 g/mol. The second-order valence-electron chi connectivity index (χ2n) is 9.00. The number of rotatable bonds is 7. The zero-order valence-corrected chi connectivity index (χ0v) is 20.8. The molecule has 2 aliphatic heterocycles. The summed E-state index contributed by atoms with van der Waals surface area (Å²) in [7, 11) is 0. The Labute approximate surface area is 198 Å². The van der Waals surface area contributed by atoms with Crippen LogP contribution in [0.2, 0.25) is 0 Å². The van der Waals surface area contributed by atoms with Crippen LogP contribution in [0.4, 0.5) is 0 Å². The minimum atomic E-state index is 0. The summed E-state index contributed by atoms with van der Waals surface area (Å²) in [4.78, 5) is 7.27. The van der Waals surface area contributed by atoms with Crippen LogP contribution in [0, 0.1) is 5.92 Å². The standard InChI is InChI=1S/C25H36N4.HI/c1-20(2)25(19-28-24-26-14-15-27-24,13-18-29-16-6-3-7-17-29)23-12-8-10-21-9-4-5-11-22(21)23;/h4-5,8-12,20H,3,6-7,13-19H2,1-2H3,(H2,26,27,28);1H. The van der Waals surface area contributed by atoms with Gasteiger partial charge >= 0.3 is 0 Å². The first-order chi connectivity index (χ1) is 14.2. The maximum absolute atomic E-state index is 4.59. The summed E-state index contributed by atoms with van der Waals surface area (Å²) in [5.41, 5.74) is 1.54. The molecule has 2 heterocycles. The fourth-order valence-electron chi connectivity index (χ4n) is 5.08. The minimum Gasteiger partial charge on any atom is -0.355 e. The number of hydrogen-bond donors (Lipinski definition) is 2.